The first kappa shape index (κ1) is 16.4. The van der Waals surface area contributed by atoms with Crippen LogP contribution in [0.5, 0.6) is 0 Å². The van der Waals surface area contributed by atoms with E-state index in [1.54, 1.807) is 0 Å². The second-order valence-electron chi connectivity index (χ2n) is 7.60. The van der Waals surface area contributed by atoms with Crippen molar-refractivity contribution in [2.75, 3.05) is 0 Å². The van der Waals surface area contributed by atoms with Gasteiger partial charge in [-0.25, -0.2) is 9.97 Å². The van der Waals surface area contributed by atoms with Crippen molar-refractivity contribution in [2.24, 2.45) is 0 Å². The molecule has 7 aromatic rings. The summed E-state index contributed by atoms with van der Waals surface area (Å²) < 4.78 is 10.4. The van der Waals surface area contributed by atoms with Crippen LogP contribution in [0.25, 0.3) is 56.0 Å². The van der Waals surface area contributed by atoms with Gasteiger partial charge in [-0.2, -0.15) is 0 Å². The molecule has 3 aromatic carbocycles. The number of nitrogens with zero attached hydrogens (tertiary/aromatic N) is 4. The molecule has 0 fully saturated rings. The van der Waals surface area contributed by atoms with Crippen LogP contribution in [0.3, 0.4) is 0 Å². The Morgan fingerprint density at radius 3 is 2.58 bits per heavy atom. The summed E-state index contributed by atoms with van der Waals surface area (Å²) in [6, 6.07) is 30.6. The van der Waals surface area contributed by atoms with E-state index in [9.17, 15) is 0 Å². The quantitative estimate of drug-likeness (QED) is 0.345. The number of fused-ring (bicyclic) bond motifs is 6. The summed E-state index contributed by atoms with van der Waals surface area (Å²) in [5.74, 6) is 0.619. The highest BCUT2D eigenvalue weighted by molar-refractivity contribution is 6.07. The maximum Gasteiger partial charge on any atom is 0.227 e. The second kappa shape index (κ2) is 6.06. The molecule has 0 aliphatic rings. The molecule has 5 heteroatoms. The molecule has 0 amide bonds. The molecular weight excluding hydrogens is 384 g/mol. The monoisotopic (exact) mass is 400 g/mol. The fourth-order valence-electron chi connectivity index (χ4n) is 4.40. The van der Waals surface area contributed by atoms with Gasteiger partial charge in [-0.3, -0.25) is 8.97 Å². The smallest absolute Gasteiger partial charge is 0.227 e. The van der Waals surface area contributed by atoms with Crippen LogP contribution in [0.1, 0.15) is 0 Å². The first-order chi connectivity index (χ1) is 15.4. The molecule has 0 saturated heterocycles. The lowest BCUT2D eigenvalue weighted by Gasteiger charge is -2.09. The summed E-state index contributed by atoms with van der Waals surface area (Å²) in [6.45, 7) is 0. The van der Waals surface area contributed by atoms with E-state index in [2.05, 4.69) is 56.5 Å². The van der Waals surface area contributed by atoms with Crippen LogP contribution in [0.15, 0.2) is 102 Å². The van der Waals surface area contributed by atoms with Gasteiger partial charge in [0.05, 0.1) is 5.52 Å². The molecule has 0 bridgehead atoms. The molecule has 4 aromatic heterocycles. The van der Waals surface area contributed by atoms with Crippen LogP contribution in [0.4, 0.5) is 0 Å². The normalized spacial score (nSPS) is 11.9. The molecule has 0 unspecified atom stereocenters. The molecule has 0 radical (unpaired) electrons. The standard InChI is InChI=1S/C26H16N4O/c1-3-12-21-19(10-1)24-26(29-15-6-5-14-23(29)28-24)30(21)18-9-7-8-17(16-18)25-27-20-11-2-4-13-22(20)31-25/h1-16H. The maximum absolute atomic E-state index is 6.02. The highest BCUT2D eigenvalue weighted by Crippen LogP contribution is 2.33. The number of hydrogen-bond acceptors (Lipinski definition) is 3. The summed E-state index contributed by atoms with van der Waals surface area (Å²) in [5, 5.41) is 1.13. The Bertz CT molecular complexity index is 1710. The zero-order valence-electron chi connectivity index (χ0n) is 16.4. The third-order valence-electron chi connectivity index (χ3n) is 5.76. The third-order valence-corrected chi connectivity index (χ3v) is 5.76. The SMILES string of the molecule is c1cc(-c2nc3ccccc3o2)cc(-n2c3ccccc3c3nc4ccccn4c32)c1. The fourth-order valence-corrected chi connectivity index (χ4v) is 4.40. The van der Waals surface area contributed by atoms with Crippen molar-refractivity contribution in [1.29, 1.82) is 0 Å². The largest absolute Gasteiger partial charge is 0.436 e. The number of benzene rings is 3. The Morgan fingerprint density at radius 1 is 0.742 bits per heavy atom. The van der Waals surface area contributed by atoms with Gasteiger partial charge < -0.3 is 4.42 Å². The van der Waals surface area contributed by atoms with Gasteiger partial charge in [0, 0.05) is 22.8 Å². The Hall–Kier alpha value is -4.38. The number of hydrogen-bond donors (Lipinski definition) is 0. The van der Waals surface area contributed by atoms with E-state index in [1.807, 2.05) is 54.6 Å². The molecule has 7 rings (SSSR count). The zero-order chi connectivity index (χ0) is 20.4. The van der Waals surface area contributed by atoms with Gasteiger partial charge in [0.15, 0.2) is 11.2 Å². The first-order valence-corrected chi connectivity index (χ1v) is 10.2. The Labute approximate surface area is 176 Å². The van der Waals surface area contributed by atoms with Crippen LogP contribution in [-0.4, -0.2) is 18.9 Å². The van der Waals surface area contributed by atoms with Crippen molar-refractivity contribution in [3.63, 3.8) is 0 Å². The minimum atomic E-state index is 0.619. The summed E-state index contributed by atoms with van der Waals surface area (Å²) in [7, 11) is 0. The van der Waals surface area contributed by atoms with Gasteiger partial charge >= 0.3 is 0 Å². The van der Waals surface area contributed by atoms with E-state index >= 15 is 0 Å². The Morgan fingerprint density at radius 2 is 1.61 bits per heavy atom. The third kappa shape index (κ3) is 2.31. The van der Waals surface area contributed by atoms with Crippen LogP contribution >= 0.6 is 0 Å². The Balaban J connectivity index is 1.53. The van der Waals surface area contributed by atoms with Crippen molar-refractivity contribution in [3.05, 3.63) is 97.2 Å². The molecule has 4 heterocycles. The lowest BCUT2D eigenvalue weighted by atomic mass is 10.2. The fraction of sp³-hybridized carbons (Fsp3) is 0. The predicted octanol–water partition coefficient (Wildman–Crippen LogP) is 6.24. The summed E-state index contributed by atoms with van der Waals surface area (Å²) in [4.78, 5) is 9.59. The second-order valence-corrected chi connectivity index (χ2v) is 7.60. The molecule has 0 N–H and O–H groups in total. The summed E-state index contributed by atoms with van der Waals surface area (Å²) >= 11 is 0. The van der Waals surface area contributed by atoms with Gasteiger partial charge in [0.2, 0.25) is 5.89 Å². The average Bonchev–Trinajstić information content (AvgIpc) is 3.50. The van der Waals surface area contributed by atoms with Gasteiger partial charge in [-0.05, 0) is 48.5 Å². The minimum Gasteiger partial charge on any atom is -0.436 e. The van der Waals surface area contributed by atoms with E-state index in [0.717, 1.165) is 50.1 Å². The molecule has 0 aliphatic heterocycles. The van der Waals surface area contributed by atoms with Crippen molar-refractivity contribution in [3.8, 4) is 17.1 Å². The van der Waals surface area contributed by atoms with Crippen LogP contribution in [-0.2, 0) is 0 Å². The van der Waals surface area contributed by atoms with Gasteiger partial charge in [-0.1, -0.05) is 42.5 Å². The van der Waals surface area contributed by atoms with Gasteiger partial charge in [-0.15, -0.1) is 0 Å². The van der Waals surface area contributed by atoms with Crippen molar-refractivity contribution >= 4 is 38.8 Å². The molecule has 31 heavy (non-hydrogen) atoms. The van der Waals surface area contributed by atoms with E-state index in [0.29, 0.717) is 5.89 Å². The number of oxazole rings is 1. The highest BCUT2D eigenvalue weighted by atomic mass is 16.3. The molecule has 0 spiro atoms. The molecule has 0 saturated carbocycles. The lowest BCUT2D eigenvalue weighted by molar-refractivity contribution is 0.620. The Kier molecular flexibility index (Phi) is 3.21. The minimum absolute atomic E-state index is 0.619. The van der Waals surface area contributed by atoms with Gasteiger partial charge in [0.1, 0.15) is 16.7 Å². The molecule has 146 valence electrons. The number of imidazole rings is 1. The predicted molar refractivity (Wildman–Crippen MR) is 123 cm³/mol. The molecular formula is C26H16N4O. The number of rotatable bonds is 2. The van der Waals surface area contributed by atoms with Crippen LogP contribution < -0.4 is 0 Å². The van der Waals surface area contributed by atoms with Crippen LogP contribution in [0.2, 0.25) is 0 Å². The van der Waals surface area contributed by atoms with Crippen molar-refractivity contribution in [2.45, 2.75) is 0 Å². The molecule has 5 nitrogen and oxygen atoms in total. The maximum atomic E-state index is 6.02. The van der Waals surface area contributed by atoms with E-state index in [4.69, 9.17) is 9.40 Å². The van der Waals surface area contributed by atoms with Crippen LogP contribution in [0, 0.1) is 0 Å². The topological polar surface area (TPSA) is 48.3 Å². The lowest BCUT2D eigenvalue weighted by Crippen LogP contribution is -1.97. The highest BCUT2D eigenvalue weighted by Gasteiger charge is 2.18. The number of para-hydroxylation sites is 3. The average molecular weight is 400 g/mol. The zero-order valence-corrected chi connectivity index (χ0v) is 16.4. The summed E-state index contributed by atoms with van der Waals surface area (Å²) in [6.07, 6.45) is 2.06. The van der Waals surface area contributed by atoms with E-state index < -0.39 is 0 Å². The first-order valence-electron chi connectivity index (χ1n) is 10.2. The number of aromatic nitrogens is 4. The molecule has 0 atom stereocenters. The van der Waals surface area contributed by atoms with E-state index in [1.165, 1.54) is 0 Å². The van der Waals surface area contributed by atoms with E-state index in [-0.39, 0.29) is 0 Å². The van der Waals surface area contributed by atoms with Crippen molar-refractivity contribution < 1.29 is 4.42 Å². The van der Waals surface area contributed by atoms with Crippen molar-refractivity contribution in [1.82, 2.24) is 18.9 Å². The number of pyridine rings is 1. The van der Waals surface area contributed by atoms with Gasteiger partial charge in [0.25, 0.3) is 0 Å². The summed E-state index contributed by atoms with van der Waals surface area (Å²) in [5.41, 5.74) is 7.72. The molecule has 0 aliphatic carbocycles.